The second-order valence-corrected chi connectivity index (χ2v) is 7.85. The summed E-state index contributed by atoms with van der Waals surface area (Å²) >= 11 is 3.49. The quantitative estimate of drug-likeness (QED) is 0.431. The van der Waals surface area contributed by atoms with Crippen molar-refractivity contribution < 1.29 is 13.9 Å². The highest BCUT2D eigenvalue weighted by Gasteiger charge is 2.11. The van der Waals surface area contributed by atoms with Crippen molar-refractivity contribution in [3.63, 3.8) is 0 Å². The number of morpholine rings is 1. The molecule has 3 aromatic rings. The molecule has 0 unspecified atom stereocenters. The Morgan fingerprint density at radius 3 is 2.57 bits per heavy atom. The zero-order valence-electron chi connectivity index (χ0n) is 16.4. The van der Waals surface area contributed by atoms with Gasteiger partial charge in [0.15, 0.2) is 0 Å². The van der Waals surface area contributed by atoms with Crippen molar-refractivity contribution in [1.29, 1.82) is 0 Å². The number of hydrogen-bond acceptors (Lipinski definition) is 4. The first-order valence-electron chi connectivity index (χ1n) is 9.81. The summed E-state index contributed by atoms with van der Waals surface area (Å²) in [6, 6.07) is 20.5. The summed E-state index contributed by atoms with van der Waals surface area (Å²) in [5, 5.41) is 0. The minimum Gasteiger partial charge on any atom is -0.488 e. The summed E-state index contributed by atoms with van der Waals surface area (Å²) in [4.78, 5) is 6.90. The molecule has 0 aromatic heterocycles. The van der Waals surface area contributed by atoms with Crippen molar-refractivity contribution in [3.05, 3.63) is 88.1 Å². The molecule has 30 heavy (non-hydrogen) atoms. The SMILES string of the molecule is Fc1ccccc1COc1ccc(Br)cc1C=Nc1ccc(N2CCOCC2)cc1. The van der Waals surface area contributed by atoms with Crippen molar-refractivity contribution in [3.8, 4) is 5.75 Å². The average Bonchev–Trinajstić information content (AvgIpc) is 2.79. The van der Waals surface area contributed by atoms with Crippen LogP contribution in [-0.2, 0) is 11.3 Å². The Morgan fingerprint density at radius 1 is 1.03 bits per heavy atom. The van der Waals surface area contributed by atoms with E-state index in [1.807, 2.05) is 30.3 Å². The maximum absolute atomic E-state index is 13.9. The molecule has 0 bridgehead atoms. The molecule has 154 valence electrons. The predicted molar refractivity (Wildman–Crippen MR) is 122 cm³/mol. The zero-order chi connectivity index (χ0) is 20.8. The molecule has 0 amide bonds. The van der Waals surface area contributed by atoms with Crippen molar-refractivity contribution in [1.82, 2.24) is 0 Å². The van der Waals surface area contributed by atoms with Crippen LogP contribution in [0.25, 0.3) is 0 Å². The van der Waals surface area contributed by atoms with Crippen molar-refractivity contribution in [2.45, 2.75) is 6.61 Å². The van der Waals surface area contributed by atoms with Crippen molar-refractivity contribution in [2.24, 2.45) is 4.99 Å². The molecule has 3 aromatic carbocycles. The van der Waals surface area contributed by atoms with Gasteiger partial charge in [0.05, 0.1) is 18.9 Å². The van der Waals surface area contributed by atoms with Crippen LogP contribution in [0.3, 0.4) is 0 Å². The first-order chi connectivity index (χ1) is 14.7. The lowest BCUT2D eigenvalue weighted by atomic mass is 10.2. The molecule has 1 aliphatic rings. The van der Waals surface area contributed by atoms with E-state index < -0.39 is 0 Å². The number of hydrogen-bond donors (Lipinski definition) is 0. The molecule has 0 N–H and O–H groups in total. The molecule has 0 atom stereocenters. The maximum atomic E-state index is 13.9. The van der Waals surface area contributed by atoms with Crippen LogP contribution in [0, 0.1) is 5.82 Å². The molecule has 4 rings (SSSR count). The molecule has 1 aliphatic heterocycles. The molecular weight excluding hydrogens is 447 g/mol. The average molecular weight is 469 g/mol. The fourth-order valence-electron chi connectivity index (χ4n) is 3.24. The molecular formula is C24H22BrFN2O2. The van der Waals surface area contributed by atoms with Gasteiger partial charge in [-0.1, -0.05) is 34.1 Å². The lowest BCUT2D eigenvalue weighted by molar-refractivity contribution is 0.122. The second kappa shape index (κ2) is 9.87. The van der Waals surface area contributed by atoms with Gasteiger partial charge in [-0.2, -0.15) is 0 Å². The van der Waals surface area contributed by atoms with Crippen LogP contribution >= 0.6 is 15.9 Å². The Kier molecular flexibility index (Phi) is 6.77. The number of nitrogens with zero attached hydrogens (tertiary/aromatic N) is 2. The van der Waals surface area contributed by atoms with Crippen LogP contribution in [0.4, 0.5) is 15.8 Å². The summed E-state index contributed by atoms with van der Waals surface area (Å²) in [6.07, 6.45) is 1.77. The maximum Gasteiger partial charge on any atom is 0.129 e. The van der Waals surface area contributed by atoms with Gasteiger partial charge in [0, 0.05) is 40.6 Å². The normalized spacial score (nSPS) is 14.3. The van der Waals surface area contributed by atoms with Gasteiger partial charge in [0.1, 0.15) is 18.2 Å². The van der Waals surface area contributed by atoms with Crippen LogP contribution in [0.5, 0.6) is 5.75 Å². The first-order valence-corrected chi connectivity index (χ1v) is 10.6. The summed E-state index contributed by atoms with van der Waals surface area (Å²) in [7, 11) is 0. The van der Waals surface area contributed by atoms with E-state index in [4.69, 9.17) is 9.47 Å². The van der Waals surface area contributed by atoms with Crippen LogP contribution in [0.2, 0.25) is 0 Å². The Bertz CT molecular complexity index is 1020. The monoisotopic (exact) mass is 468 g/mol. The summed E-state index contributed by atoms with van der Waals surface area (Å²) in [6.45, 7) is 3.49. The summed E-state index contributed by atoms with van der Waals surface area (Å²) in [5.74, 6) is 0.375. The molecule has 0 aliphatic carbocycles. The molecule has 1 saturated heterocycles. The van der Waals surface area contributed by atoms with E-state index in [2.05, 4.69) is 38.0 Å². The van der Waals surface area contributed by atoms with E-state index in [1.165, 1.54) is 11.8 Å². The van der Waals surface area contributed by atoms with E-state index in [1.54, 1.807) is 24.4 Å². The lowest BCUT2D eigenvalue weighted by Crippen LogP contribution is -2.36. The topological polar surface area (TPSA) is 34.1 Å². The number of rotatable bonds is 6. The van der Waals surface area contributed by atoms with Crippen LogP contribution in [0.15, 0.2) is 76.2 Å². The smallest absolute Gasteiger partial charge is 0.129 e. The molecule has 0 spiro atoms. The standard InChI is InChI=1S/C24H22BrFN2O2/c25-20-5-10-24(30-17-18-3-1-2-4-23(18)26)19(15-20)16-27-21-6-8-22(9-7-21)28-11-13-29-14-12-28/h1-10,15-16H,11-14,17H2. The molecule has 1 fully saturated rings. The third-order valence-corrected chi connectivity index (χ3v) is 5.38. The molecule has 6 heteroatoms. The number of anilines is 1. The summed E-state index contributed by atoms with van der Waals surface area (Å²) in [5.41, 5.74) is 3.36. The van der Waals surface area contributed by atoms with Crippen molar-refractivity contribution in [2.75, 3.05) is 31.2 Å². The molecule has 0 saturated carbocycles. The van der Waals surface area contributed by atoms with Gasteiger partial charge >= 0.3 is 0 Å². The van der Waals surface area contributed by atoms with Crippen molar-refractivity contribution >= 4 is 33.5 Å². The first kappa shape index (κ1) is 20.6. The highest BCUT2D eigenvalue weighted by atomic mass is 79.9. The van der Waals surface area contributed by atoms with Crippen LogP contribution < -0.4 is 9.64 Å². The molecule has 4 nitrogen and oxygen atoms in total. The zero-order valence-corrected chi connectivity index (χ0v) is 18.0. The number of benzene rings is 3. The van der Waals surface area contributed by atoms with Crippen LogP contribution in [0.1, 0.15) is 11.1 Å². The second-order valence-electron chi connectivity index (χ2n) is 6.94. The van der Waals surface area contributed by atoms with Gasteiger partial charge in [-0.15, -0.1) is 0 Å². The number of aliphatic imine (C=N–C) groups is 1. The Balaban J connectivity index is 1.47. The van der Waals surface area contributed by atoms with E-state index in [0.717, 1.165) is 42.0 Å². The van der Waals surface area contributed by atoms with E-state index in [9.17, 15) is 4.39 Å². The van der Waals surface area contributed by atoms with E-state index in [0.29, 0.717) is 11.3 Å². The van der Waals surface area contributed by atoms with Gasteiger partial charge in [-0.3, -0.25) is 4.99 Å². The number of ether oxygens (including phenoxy) is 2. The fraction of sp³-hybridized carbons (Fsp3) is 0.208. The largest absolute Gasteiger partial charge is 0.488 e. The van der Waals surface area contributed by atoms with Gasteiger partial charge in [-0.25, -0.2) is 4.39 Å². The Labute approximate surface area is 184 Å². The highest BCUT2D eigenvalue weighted by molar-refractivity contribution is 9.10. The Hall–Kier alpha value is -2.70. The highest BCUT2D eigenvalue weighted by Crippen LogP contribution is 2.25. The summed E-state index contributed by atoms with van der Waals surface area (Å²) < 4.78 is 26.1. The third-order valence-electron chi connectivity index (χ3n) is 4.89. The number of halogens is 2. The predicted octanol–water partition coefficient (Wildman–Crippen LogP) is 5.75. The van der Waals surface area contributed by atoms with E-state index >= 15 is 0 Å². The van der Waals surface area contributed by atoms with E-state index in [-0.39, 0.29) is 12.4 Å². The fourth-order valence-corrected chi connectivity index (χ4v) is 3.62. The third kappa shape index (κ3) is 5.26. The lowest BCUT2D eigenvalue weighted by Gasteiger charge is -2.28. The Morgan fingerprint density at radius 2 is 1.80 bits per heavy atom. The van der Waals surface area contributed by atoms with Gasteiger partial charge in [0.2, 0.25) is 0 Å². The minimum atomic E-state index is -0.273. The molecule has 1 heterocycles. The van der Waals surface area contributed by atoms with Gasteiger partial charge in [-0.05, 0) is 48.5 Å². The molecule has 0 radical (unpaired) electrons. The van der Waals surface area contributed by atoms with Gasteiger partial charge < -0.3 is 14.4 Å². The van der Waals surface area contributed by atoms with Gasteiger partial charge in [0.25, 0.3) is 0 Å². The minimum absolute atomic E-state index is 0.156. The van der Waals surface area contributed by atoms with Crippen LogP contribution in [-0.4, -0.2) is 32.5 Å².